The molecule has 1 heterocycles. The van der Waals surface area contributed by atoms with Crippen LogP contribution in [-0.4, -0.2) is 28.7 Å². The number of ether oxygens (including phenoxy) is 1. The monoisotopic (exact) mass is 250 g/mol. The van der Waals surface area contributed by atoms with Gasteiger partial charge in [-0.15, -0.1) is 0 Å². The van der Waals surface area contributed by atoms with Crippen LogP contribution in [0.2, 0.25) is 0 Å². The van der Waals surface area contributed by atoms with E-state index in [0.29, 0.717) is 18.4 Å². The Bertz CT molecular complexity index is 372. The van der Waals surface area contributed by atoms with Gasteiger partial charge in [0.25, 0.3) is 0 Å². The molecular weight excluding hydrogens is 228 g/mol. The van der Waals surface area contributed by atoms with E-state index in [9.17, 15) is 0 Å². The predicted molar refractivity (Wildman–Crippen MR) is 71.7 cm³/mol. The molecule has 100 valence electrons. The van der Waals surface area contributed by atoms with Gasteiger partial charge in [-0.1, -0.05) is 19.3 Å². The molecule has 18 heavy (non-hydrogen) atoms. The molecule has 2 unspecified atom stereocenters. The van der Waals surface area contributed by atoms with Crippen LogP contribution in [0.5, 0.6) is 5.88 Å². The third-order valence-corrected chi connectivity index (χ3v) is 3.31. The van der Waals surface area contributed by atoms with E-state index in [2.05, 4.69) is 15.3 Å². The molecule has 1 aliphatic carbocycles. The molecule has 5 nitrogen and oxygen atoms in total. The molecule has 0 spiro atoms. The van der Waals surface area contributed by atoms with Crippen molar-refractivity contribution in [3.8, 4) is 5.88 Å². The summed E-state index contributed by atoms with van der Waals surface area (Å²) in [6, 6.07) is 2.22. The van der Waals surface area contributed by atoms with Crippen LogP contribution < -0.4 is 15.8 Å². The fourth-order valence-corrected chi connectivity index (χ4v) is 2.32. The molecule has 0 amide bonds. The van der Waals surface area contributed by atoms with Gasteiger partial charge in [0.05, 0.1) is 6.61 Å². The van der Waals surface area contributed by atoms with E-state index in [0.717, 1.165) is 12.8 Å². The summed E-state index contributed by atoms with van der Waals surface area (Å²) in [5.41, 5.74) is 6.17. The van der Waals surface area contributed by atoms with Gasteiger partial charge in [-0.05, 0) is 19.8 Å². The number of rotatable bonds is 4. The summed E-state index contributed by atoms with van der Waals surface area (Å²) < 4.78 is 5.36. The van der Waals surface area contributed by atoms with E-state index in [1.54, 1.807) is 12.3 Å². The Balaban J connectivity index is 2.00. The van der Waals surface area contributed by atoms with Crippen LogP contribution in [0.4, 0.5) is 5.95 Å². The minimum atomic E-state index is 0.187. The van der Waals surface area contributed by atoms with Crippen molar-refractivity contribution in [1.82, 2.24) is 9.97 Å². The van der Waals surface area contributed by atoms with Crippen LogP contribution in [0.1, 0.15) is 39.0 Å². The maximum atomic E-state index is 6.17. The molecule has 5 heteroatoms. The zero-order valence-corrected chi connectivity index (χ0v) is 10.9. The average Bonchev–Trinajstić information content (AvgIpc) is 2.56. The standard InChI is InChI=1S/C13H22N4O/c1-2-18-12-8-9-15-13(17-12)16-11-7-5-3-4-6-10(11)14/h8-11H,2-7,14H2,1H3,(H,15,16,17). The number of hydrogen-bond donors (Lipinski definition) is 2. The van der Waals surface area contributed by atoms with Crippen LogP contribution in [-0.2, 0) is 0 Å². The Morgan fingerprint density at radius 1 is 1.39 bits per heavy atom. The number of anilines is 1. The third-order valence-electron chi connectivity index (χ3n) is 3.31. The molecule has 1 aromatic rings. The Hall–Kier alpha value is -1.36. The third kappa shape index (κ3) is 3.57. The fourth-order valence-electron chi connectivity index (χ4n) is 2.32. The molecule has 2 rings (SSSR count). The van der Waals surface area contributed by atoms with Crippen molar-refractivity contribution in [3.05, 3.63) is 12.3 Å². The summed E-state index contributed by atoms with van der Waals surface area (Å²) in [7, 11) is 0. The zero-order valence-electron chi connectivity index (χ0n) is 10.9. The van der Waals surface area contributed by atoms with Crippen LogP contribution in [0.15, 0.2) is 12.3 Å². The number of nitrogens with zero attached hydrogens (tertiary/aromatic N) is 2. The SMILES string of the molecule is CCOc1ccnc(NC2CCCCCC2N)n1. The van der Waals surface area contributed by atoms with E-state index in [1.807, 2.05) is 6.92 Å². The van der Waals surface area contributed by atoms with Gasteiger partial charge in [-0.3, -0.25) is 0 Å². The van der Waals surface area contributed by atoms with E-state index in [-0.39, 0.29) is 12.1 Å². The van der Waals surface area contributed by atoms with Crippen molar-refractivity contribution in [2.24, 2.45) is 5.73 Å². The Kier molecular flexibility index (Phi) is 4.75. The van der Waals surface area contributed by atoms with Gasteiger partial charge in [0.15, 0.2) is 0 Å². The van der Waals surface area contributed by atoms with Gasteiger partial charge in [-0.2, -0.15) is 4.98 Å². The average molecular weight is 250 g/mol. The van der Waals surface area contributed by atoms with Crippen molar-refractivity contribution in [1.29, 1.82) is 0 Å². The van der Waals surface area contributed by atoms with Crippen molar-refractivity contribution in [2.75, 3.05) is 11.9 Å². The van der Waals surface area contributed by atoms with Gasteiger partial charge in [0.1, 0.15) is 0 Å². The summed E-state index contributed by atoms with van der Waals surface area (Å²) in [6.07, 6.45) is 7.58. The molecule has 0 saturated heterocycles. The largest absolute Gasteiger partial charge is 0.478 e. The van der Waals surface area contributed by atoms with Crippen molar-refractivity contribution < 1.29 is 4.74 Å². The molecule has 0 aromatic carbocycles. The lowest BCUT2D eigenvalue weighted by Gasteiger charge is -2.22. The summed E-state index contributed by atoms with van der Waals surface area (Å²) in [4.78, 5) is 8.54. The maximum absolute atomic E-state index is 6.17. The fraction of sp³-hybridized carbons (Fsp3) is 0.692. The molecule has 1 fully saturated rings. The summed E-state index contributed by atoms with van der Waals surface area (Å²) in [5.74, 6) is 1.22. The highest BCUT2D eigenvalue weighted by atomic mass is 16.5. The van der Waals surface area contributed by atoms with Crippen LogP contribution in [0, 0.1) is 0 Å². The van der Waals surface area contributed by atoms with E-state index in [4.69, 9.17) is 10.5 Å². The lowest BCUT2D eigenvalue weighted by molar-refractivity contribution is 0.326. The molecule has 1 saturated carbocycles. The van der Waals surface area contributed by atoms with Crippen LogP contribution >= 0.6 is 0 Å². The lowest BCUT2D eigenvalue weighted by atomic mass is 10.0. The van der Waals surface area contributed by atoms with Gasteiger partial charge in [0.2, 0.25) is 11.8 Å². The maximum Gasteiger partial charge on any atom is 0.226 e. The van der Waals surface area contributed by atoms with Crippen molar-refractivity contribution in [2.45, 2.75) is 51.1 Å². The Morgan fingerprint density at radius 3 is 3.06 bits per heavy atom. The zero-order chi connectivity index (χ0) is 12.8. The second kappa shape index (κ2) is 6.54. The van der Waals surface area contributed by atoms with Crippen LogP contribution in [0.3, 0.4) is 0 Å². The first-order chi connectivity index (χ1) is 8.79. The number of nitrogens with two attached hydrogens (primary N) is 1. The summed E-state index contributed by atoms with van der Waals surface area (Å²) in [5, 5.41) is 3.34. The quantitative estimate of drug-likeness (QED) is 0.799. The lowest BCUT2D eigenvalue weighted by Crippen LogP contribution is -2.39. The highest BCUT2D eigenvalue weighted by Gasteiger charge is 2.20. The van der Waals surface area contributed by atoms with Crippen LogP contribution in [0.25, 0.3) is 0 Å². The molecule has 2 atom stereocenters. The minimum absolute atomic E-state index is 0.187. The molecular formula is C13H22N4O. The topological polar surface area (TPSA) is 73.1 Å². The molecule has 0 aliphatic heterocycles. The highest BCUT2D eigenvalue weighted by Crippen LogP contribution is 2.19. The van der Waals surface area contributed by atoms with Gasteiger partial charge >= 0.3 is 0 Å². The minimum Gasteiger partial charge on any atom is -0.478 e. The predicted octanol–water partition coefficient (Wildman–Crippen LogP) is 1.95. The summed E-state index contributed by atoms with van der Waals surface area (Å²) in [6.45, 7) is 2.55. The Labute approximate surface area is 108 Å². The summed E-state index contributed by atoms with van der Waals surface area (Å²) >= 11 is 0. The Morgan fingerprint density at radius 2 is 2.22 bits per heavy atom. The highest BCUT2D eigenvalue weighted by molar-refractivity contribution is 5.29. The number of hydrogen-bond acceptors (Lipinski definition) is 5. The van der Waals surface area contributed by atoms with Gasteiger partial charge in [0, 0.05) is 24.3 Å². The van der Waals surface area contributed by atoms with Crippen molar-refractivity contribution in [3.63, 3.8) is 0 Å². The molecule has 0 bridgehead atoms. The molecule has 1 aromatic heterocycles. The smallest absolute Gasteiger partial charge is 0.226 e. The first kappa shape index (κ1) is 13.1. The molecule has 1 aliphatic rings. The van der Waals surface area contributed by atoms with E-state index >= 15 is 0 Å². The normalized spacial score (nSPS) is 24.3. The number of nitrogens with one attached hydrogen (secondary N) is 1. The first-order valence-corrected chi connectivity index (χ1v) is 6.77. The van der Waals surface area contributed by atoms with Crippen molar-refractivity contribution >= 4 is 5.95 Å². The van der Waals surface area contributed by atoms with Gasteiger partial charge in [-0.25, -0.2) is 4.98 Å². The van der Waals surface area contributed by atoms with E-state index in [1.165, 1.54) is 19.3 Å². The molecule has 3 N–H and O–H groups in total. The number of aromatic nitrogens is 2. The second-order valence-corrected chi connectivity index (χ2v) is 4.70. The molecule has 0 radical (unpaired) electrons. The van der Waals surface area contributed by atoms with E-state index < -0.39 is 0 Å². The second-order valence-electron chi connectivity index (χ2n) is 4.70. The van der Waals surface area contributed by atoms with Gasteiger partial charge < -0.3 is 15.8 Å². The first-order valence-electron chi connectivity index (χ1n) is 6.77.